The van der Waals surface area contributed by atoms with Gasteiger partial charge in [0, 0.05) is 6.07 Å². The first-order valence-corrected chi connectivity index (χ1v) is 10.0. The summed E-state index contributed by atoms with van der Waals surface area (Å²) in [4.78, 5) is 4.80. The van der Waals surface area contributed by atoms with Crippen molar-refractivity contribution in [2.75, 3.05) is 13.7 Å². The molecule has 5 heteroatoms. The van der Waals surface area contributed by atoms with Gasteiger partial charge in [0.15, 0.2) is 0 Å². The molecule has 0 saturated heterocycles. The second kappa shape index (κ2) is 8.91. The molecule has 0 amide bonds. The number of benzene rings is 3. The van der Waals surface area contributed by atoms with Crippen LogP contribution in [-0.4, -0.2) is 23.3 Å². The molecular formula is C25H26N2O3. The summed E-state index contributed by atoms with van der Waals surface area (Å²) in [6.45, 7) is 5.71. The van der Waals surface area contributed by atoms with Gasteiger partial charge in [-0.25, -0.2) is 4.98 Å². The zero-order valence-electron chi connectivity index (χ0n) is 17.6. The van der Waals surface area contributed by atoms with E-state index in [9.17, 15) is 0 Å². The second-order valence-electron chi connectivity index (χ2n) is 7.25. The van der Waals surface area contributed by atoms with Crippen LogP contribution in [-0.2, 0) is 13.2 Å². The maximum Gasteiger partial charge on any atom is 0.148 e. The van der Waals surface area contributed by atoms with E-state index < -0.39 is 0 Å². The van der Waals surface area contributed by atoms with Gasteiger partial charge in [-0.3, -0.25) is 0 Å². The van der Waals surface area contributed by atoms with Crippen molar-refractivity contribution in [3.8, 4) is 17.2 Å². The minimum atomic E-state index is 0.401. The molecule has 0 N–H and O–H groups in total. The van der Waals surface area contributed by atoms with E-state index in [1.54, 1.807) is 7.11 Å². The third kappa shape index (κ3) is 4.40. The van der Waals surface area contributed by atoms with E-state index in [1.165, 1.54) is 5.56 Å². The molecular weight excluding hydrogens is 376 g/mol. The van der Waals surface area contributed by atoms with Crippen LogP contribution in [0, 0.1) is 13.8 Å². The molecule has 0 aliphatic heterocycles. The number of methoxy groups -OCH3 is 1. The van der Waals surface area contributed by atoms with Gasteiger partial charge in [-0.15, -0.1) is 0 Å². The highest BCUT2D eigenvalue weighted by molar-refractivity contribution is 5.75. The molecule has 30 heavy (non-hydrogen) atoms. The number of imidazole rings is 1. The van der Waals surface area contributed by atoms with Crippen molar-refractivity contribution >= 4 is 11.0 Å². The van der Waals surface area contributed by atoms with Crippen LogP contribution in [0.5, 0.6) is 17.2 Å². The maximum absolute atomic E-state index is 6.13. The van der Waals surface area contributed by atoms with Gasteiger partial charge in [0.1, 0.15) is 36.3 Å². The fourth-order valence-corrected chi connectivity index (χ4v) is 3.44. The fraction of sp³-hybridized carbons (Fsp3) is 0.240. The van der Waals surface area contributed by atoms with E-state index >= 15 is 0 Å². The topological polar surface area (TPSA) is 45.5 Å². The molecule has 154 valence electrons. The van der Waals surface area contributed by atoms with Crippen LogP contribution in [0.4, 0.5) is 0 Å². The quantitative estimate of drug-likeness (QED) is 0.400. The van der Waals surface area contributed by atoms with Crippen molar-refractivity contribution in [3.63, 3.8) is 0 Å². The first-order valence-electron chi connectivity index (χ1n) is 10.0. The molecule has 0 saturated carbocycles. The molecule has 1 heterocycles. The number of hydrogen-bond acceptors (Lipinski definition) is 4. The lowest BCUT2D eigenvalue weighted by molar-refractivity contribution is 0.270. The number of aryl methyl sites for hydroxylation is 2. The number of hydrogen-bond donors (Lipinski definition) is 0. The molecule has 4 aromatic rings. The van der Waals surface area contributed by atoms with E-state index in [2.05, 4.69) is 42.7 Å². The smallest absolute Gasteiger partial charge is 0.148 e. The normalized spacial score (nSPS) is 10.9. The van der Waals surface area contributed by atoms with Crippen LogP contribution in [0.1, 0.15) is 17.0 Å². The van der Waals surface area contributed by atoms with Crippen molar-refractivity contribution < 1.29 is 14.2 Å². The zero-order valence-corrected chi connectivity index (χ0v) is 17.6. The van der Waals surface area contributed by atoms with Crippen LogP contribution >= 0.6 is 0 Å². The minimum absolute atomic E-state index is 0.401. The van der Waals surface area contributed by atoms with E-state index in [4.69, 9.17) is 19.2 Å². The lowest BCUT2D eigenvalue weighted by atomic mass is 10.1. The predicted octanol–water partition coefficient (Wildman–Crippen LogP) is 5.32. The predicted molar refractivity (Wildman–Crippen MR) is 118 cm³/mol. The largest absolute Gasteiger partial charge is 0.497 e. The first-order chi connectivity index (χ1) is 14.6. The highest BCUT2D eigenvalue weighted by Gasteiger charge is 2.12. The zero-order chi connectivity index (χ0) is 20.9. The summed E-state index contributed by atoms with van der Waals surface area (Å²) in [6, 6.07) is 22.0. The molecule has 0 bridgehead atoms. The van der Waals surface area contributed by atoms with Crippen LogP contribution in [0.15, 0.2) is 66.7 Å². The molecule has 0 radical (unpaired) electrons. The lowest BCUT2D eigenvalue weighted by Crippen LogP contribution is -2.13. The summed E-state index contributed by atoms with van der Waals surface area (Å²) in [5.74, 6) is 3.34. The minimum Gasteiger partial charge on any atom is -0.497 e. The Balaban J connectivity index is 1.52. The van der Waals surface area contributed by atoms with E-state index in [-0.39, 0.29) is 0 Å². The summed E-state index contributed by atoms with van der Waals surface area (Å²) in [5, 5.41) is 0. The van der Waals surface area contributed by atoms with Gasteiger partial charge < -0.3 is 18.8 Å². The third-order valence-corrected chi connectivity index (χ3v) is 5.06. The standard InChI is InChI=1S/C25H26N2O3/c1-18-11-12-19(2)24(15-18)30-17-25-26-22-9-4-5-10-23(22)27(25)13-14-29-21-8-6-7-20(16-21)28-3/h4-12,15-16H,13-14,17H2,1-3H3. The molecule has 3 aromatic carbocycles. The Bertz CT molecular complexity index is 1150. The van der Waals surface area contributed by atoms with Gasteiger partial charge in [-0.05, 0) is 55.3 Å². The Morgan fingerprint density at radius 3 is 2.57 bits per heavy atom. The van der Waals surface area contributed by atoms with Crippen molar-refractivity contribution in [3.05, 3.63) is 83.7 Å². The SMILES string of the molecule is COc1cccc(OCCn2c(COc3cc(C)ccc3C)nc3ccccc32)c1. The average molecular weight is 402 g/mol. The molecule has 0 fully saturated rings. The summed E-state index contributed by atoms with van der Waals surface area (Å²) in [6.07, 6.45) is 0. The van der Waals surface area contributed by atoms with Crippen molar-refractivity contribution in [2.45, 2.75) is 27.0 Å². The number of aromatic nitrogens is 2. The summed E-state index contributed by atoms with van der Waals surface area (Å²) in [5.41, 5.74) is 4.32. The van der Waals surface area contributed by atoms with Gasteiger partial charge in [-0.1, -0.05) is 30.3 Å². The highest BCUT2D eigenvalue weighted by atomic mass is 16.5. The van der Waals surface area contributed by atoms with Crippen LogP contribution < -0.4 is 14.2 Å². The molecule has 0 spiro atoms. The molecule has 0 atom stereocenters. The molecule has 1 aromatic heterocycles. The van der Waals surface area contributed by atoms with Gasteiger partial charge >= 0.3 is 0 Å². The van der Waals surface area contributed by atoms with Gasteiger partial charge in [0.05, 0.1) is 24.7 Å². The van der Waals surface area contributed by atoms with E-state index in [1.807, 2.05) is 42.5 Å². The Morgan fingerprint density at radius 1 is 0.867 bits per heavy atom. The molecule has 5 nitrogen and oxygen atoms in total. The number of rotatable bonds is 8. The van der Waals surface area contributed by atoms with Gasteiger partial charge in [0.2, 0.25) is 0 Å². The lowest BCUT2D eigenvalue weighted by Gasteiger charge is -2.13. The second-order valence-corrected chi connectivity index (χ2v) is 7.25. The first kappa shape index (κ1) is 19.8. The van der Waals surface area contributed by atoms with Crippen molar-refractivity contribution in [1.29, 1.82) is 0 Å². The van der Waals surface area contributed by atoms with Crippen molar-refractivity contribution in [2.24, 2.45) is 0 Å². The Hall–Kier alpha value is -3.47. The Morgan fingerprint density at radius 2 is 1.70 bits per heavy atom. The number of para-hydroxylation sites is 2. The molecule has 0 aliphatic rings. The fourth-order valence-electron chi connectivity index (χ4n) is 3.44. The monoisotopic (exact) mass is 402 g/mol. The summed E-state index contributed by atoms with van der Waals surface area (Å²) < 4.78 is 19.5. The third-order valence-electron chi connectivity index (χ3n) is 5.06. The molecule has 0 aliphatic carbocycles. The molecule has 4 rings (SSSR count). The van der Waals surface area contributed by atoms with Crippen LogP contribution in [0.25, 0.3) is 11.0 Å². The van der Waals surface area contributed by atoms with Crippen LogP contribution in [0.2, 0.25) is 0 Å². The Labute approximate surface area is 176 Å². The summed E-state index contributed by atoms with van der Waals surface area (Å²) in [7, 11) is 1.65. The molecule has 0 unspecified atom stereocenters. The number of fused-ring (bicyclic) bond motifs is 1. The van der Waals surface area contributed by atoms with Crippen molar-refractivity contribution in [1.82, 2.24) is 9.55 Å². The Kier molecular flexibility index (Phi) is 5.89. The number of ether oxygens (including phenoxy) is 3. The van der Waals surface area contributed by atoms with Gasteiger partial charge in [0.25, 0.3) is 0 Å². The number of nitrogens with zero attached hydrogens (tertiary/aromatic N) is 2. The summed E-state index contributed by atoms with van der Waals surface area (Å²) >= 11 is 0. The highest BCUT2D eigenvalue weighted by Crippen LogP contribution is 2.23. The maximum atomic E-state index is 6.13. The van der Waals surface area contributed by atoms with Crippen LogP contribution in [0.3, 0.4) is 0 Å². The van der Waals surface area contributed by atoms with E-state index in [0.29, 0.717) is 19.8 Å². The van der Waals surface area contributed by atoms with E-state index in [0.717, 1.165) is 39.7 Å². The van der Waals surface area contributed by atoms with Gasteiger partial charge in [-0.2, -0.15) is 0 Å². The average Bonchev–Trinajstić information content (AvgIpc) is 3.12.